The molecule has 0 saturated carbocycles. The third kappa shape index (κ3) is 4.34. The number of nitrogens with one attached hydrogen (secondary N) is 1. The third-order valence-electron chi connectivity index (χ3n) is 4.94. The molecule has 0 fully saturated rings. The predicted molar refractivity (Wildman–Crippen MR) is 120 cm³/mol. The Balaban J connectivity index is 1.64. The number of nitro benzene ring substituents is 1. The number of para-hydroxylation sites is 1. The van der Waals surface area contributed by atoms with Crippen LogP contribution < -0.4 is 10.1 Å². The van der Waals surface area contributed by atoms with Gasteiger partial charge in [-0.15, -0.1) is 0 Å². The second kappa shape index (κ2) is 9.13. The van der Waals surface area contributed by atoms with Gasteiger partial charge >= 0.3 is 0 Å². The number of carbonyl (C=O) groups is 1. The molecule has 8 heteroatoms. The Kier molecular flexibility index (Phi) is 5.94. The molecule has 3 aromatic carbocycles. The molecule has 0 aliphatic heterocycles. The van der Waals surface area contributed by atoms with Crippen LogP contribution in [0.25, 0.3) is 16.9 Å². The van der Waals surface area contributed by atoms with E-state index in [1.165, 1.54) is 25.3 Å². The molecule has 1 heterocycles. The van der Waals surface area contributed by atoms with Crippen LogP contribution in [0.15, 0.2) is 85.1 Å². The van der Waals surface area contributed by atoms with Gasteiger partial charge in [0.15, 0.2) is 0 Å². The number of rotatable bonds is 7. The average Bonchev–Trinajstić information content (AvgIpc) is 3.27. The highest BCUT2D eigenvalue weighted by Crippen LogP contribution is 2.26. The number of nitrogens with zero attached hydrogens (tertiary/aromatic N) is 3. The van der Waals surface area contributed by atoms with Crippen molar-refractivity contribution in [1.82, 2.24) is 15.1 Å². The van der Waals surface area contributed by atoms with Crippen LogP contribution in [0.4, 0.5) is 5.69 Å². The maximum absolute atomic E-state index is 12.9. The lowest BCUT2D eigenvalue weighted by Crippen LogP contribution is -2.23. The van der Waals surface area contributed by atoms with Crippen LogP contribution >= 0.6 is 0 Å². The molecule has 4 aromatic rings. The zero-order valence-electron chi connectivity index (χ0n) is 17.3. The van der Waals surface area contributed by atoms with E-state index in [1.54, 1.807) is 4.68 Å². The normalized spacial score (nSPS) is 10.5. The number of amides is 1. The van der Waals surface area contributed by atoms with Crippen LogP contribution in [0.1, 0.15) is 15.9 Å². The van der Waals surface area contributed by atoms with Crippen LogP contribution in [0.3, 0.4) is 0 Å². The molecule has 0 unspecified atom stereocenters. The van der Waals surface area contributed by atoms with Crippen molar-refractivity contribution in [2.75, 3.05) is 7.11 Å². The molecular formula is C24H20N4O4. The Morgan fingerprint density at radius 3 is 2.41 bits per heavy atom. The largest absolute Gasteiger partial charge is 0.496 e. The molecule has 0 bridgehead atoms. The lowest BCUT2D eigenvalue weighted by molar-refractivity contribution is -0.384. The number of methoxy groups -OCH3 is 1. The van der Waals surface area contributed by atoms with Crippen LogP contribution in [0, 0.1) is 10.1 Å². The molecule has 0 atom stereocenters. The highest BCUT2D eigenvalue weighted by atomic mass is 16.6. The molecule has 0 radical (unpaired) electrons. The van der Waals surface area contributed by atoms with E-state index >= 15 is 0 Å². The highest BCUT2D eigenvalue weighted by Gasteiger charge is 2.19. The summed E-state index contributed by atoms with van der Waals surface area (Å²) in [6, 6.07) is 23.3. The molecule has 8 nitrogen and oxygen atoms in total. The summed E-state index contributed by atoms with van der Waals surface area (Å²) in [5, 5.41) is 18.7. The van der Waals surface area contributed by atoms with E-state index in [2.05, 4.69) is 5.32 Å². The van der Waals surface area contributed by atoms with Gasteiger partial charge in [0.25, 0.3) is 11.6 Å². The van der Waals surface area contributed by atoms with E-state index in [-0.39, 0.29) is 23.5 Å². The Hall–Kier alpha value is -4.46. The third-order valence-corrected chi connectivity index (χ3v) is 4.94. The number of non-ortho nitro benzene ring substituents is 1. The van der Waals surface area contributed by atoms with Crippen molar-refractivity contribution in [2.45, 2.75) is 6.54 Å². The standard InChI is InChI=1S/C24H20N4O4/c1-32-22-13-12-20(28(30)31)14-21(22)24(29)25-15-18-16-27(19-10-6-3-7-11-19)26-23(18)17-8-4-2-5-9-17/h2-14,16H,15H2,1H3,(H,25,29). The van der Waals surface area contributed by atoms with Crippen molar-refractivity contribution < 1.29 is 14.5 Å². The quantitative estimate of drug-likeness (QED) is 0.348. The van der Waals surface area contributed by atoms with Gasteiger partial charge < -0.3 is 10.1 Å². The van der Waals surface area contributed by atoms with Crippen LogP contribution in [-0.2, 0) is 6.54 Å². The van der Waals surface area contributed by atoms with Crippen LogP contribution in [-0.4, -0.2) is 27.7 Å². The molecule has 1 N–H and O–H groups in total. The first kappa shape index (κ1) is 20.8. The molecule has 160 valence electrons. The second-order valence-corrected chi connectivity index (χ2v) is 6.97. The molecule has 1 amide bonds. The van der Waals surface area contributed by atoms with Crippen molar-refractivity contribution >= 4 is 11.6 Å². The minimum absolute atomic E-state index is 0.0958. The number of aromatic nitrogens is 2. The first-order chi connectivity index (χ1) is 15.6. The highest BCUT2D eigenvalue weighted by molar-refractivity contribution is 5.97. The van der Waals surface area contributed by atoms with E-state index in [9.17, 15) is 14.9 Å². The summed E-state index contributed by atoms with van der Waals surface area (Å²) in [6.45, 7) is 0.182. The van der Waals surface area contributed by atoms with Gasteiger partial charge in [0.05, 0.1) is 29.0 Å². The molecule has 0 spiro atoms. The van der Waals surface area contributed by atoms with Crippen molar-refractivity contribution in [3.8, 4) is 22.7 Å². The van der Waals surface area contributed by atoms with Gasteiger partial charge in [0, 0.05) is 36.0 Å². The maximum atomic E-state index is 12.9. The van der Waals surface area contributed by atoms with Gasteiger partial charge in [0.1, 0.15) is 5.75 Å². The molecule has 4 rings (SSSR count). The Morgan fingerprint density at radius 1 is 1.06 bits per heavy atom. The second-order valence-electron chi connectivity index (χ2n) is 6.97. The van der Waals surface area contributed by atoms with Gasteiger partial charge in [0.2, 0.25) is 0 Å². The van der Waals surface area contributed by atoms with E-state index in [4.69, 9.17) is 9.84 Å². The van der Waals surface area contributed by atoms with Gasteiger partial charge in [-0.1, -0.05) is 48.5 Å². The van der Waals surface area contributed by atoms with Crippen LogP contribution in [0.5, 0.6) is 5.75 Å². The van der Waals surface area contributed by atoms with E-state index in [0.29, 0.717) is 0 Å². The number of benzene rings is 3. The van der Waals surface area contributed by atoms with E-state index in [1.807, 2.05) is 66.9 Å². The number of ether oxygens (including phenoxy) is 1. The SMILES string of the molecule is COc1ccc([N+](=O)[O-])cc1C(=O)NCc1cn(-c2ccccc2)nc1-c1ccccc1. The first-order valence-corrected chi connectivity index (χ1v) is 9.87. The minimum atomic E-state index is -0.548. The molecule has 0 aliphatic carbocycles. The smallest absolute Gasteiger partial charge is 0.270 e. The van der Waals surface area contributed by atoms with Gasteiger partial charge in [-0.25, -0.2) is 4.68 Å². The number of hydrogen-bond acceptors (Lipinski definition) is 5. The maximum Gasteiger partial charge on any atom is 0.270 e. The molecular weight excluding hydrogens is 408 g/mol. The molecule has 0 aliphatic rings. The Morgan fingerprint density at radius 2 is 1.75 bits per heavy atom. The van der Waals surface area contributed by atoms with Gasteiger partial charge in [-0.05, 0) is 18.2 Å². The fraction of sp³-hybridized carbons (Fsp3) is 0.0833. The lowest BCUT2D eigenvalue weighted by Gasteiger charge is -2.09. The summed E-state index contributed by atoms with van der Waals surface area (Å²) in [4.78, 5) is 23.4. The summed E-state index contributed by atoms with van der Waals surface area (Å²) in [5.41, 5.74) is 3.26. The summed E-state index contributed by atoms with van der Waals surface area (Å²) >= 11 is 0. The molecule has 1 aromatic heterocycles. The Labute approximate surface area is 184 Å². The van der Waals surface area contributed by atoms with Gasteiger partial charge in [-0.3, -0.25) is 14.9 Å². The minimum Gasteiger partial charge on any atom is -0.496 e. The zero-order chi connectivity index (χ0) is 22.5. The van der Waals surface area contributed by atoms with Crippen LogP contribution in [0.2, 0.25) is 0 Å². The average molecular weight is 428 g/mol. The zero-order valence-corrected chi connectivity index (χ0v) is 17.3. The number of hydrogen-bond donors (Lipinski definition) is 1. The number of carbonyl (C=O) groups excluding carboxylic acids is 1. The van der Waals surface area contributed by atoms with Crippen molar-refractivity contribution in [1.29, 1.82) is 0 Å². The number of nitro groups is 1. The molecule has 32 heavy (non-hydrogen) atoms. The van der Waals surface area contributed by atoms with Crippen molar-refractivity contribution in [3.63, 3.8) is 0 Å². The fourth-order valence-corrected chi connectivity index (χ4v) is 3.35. The molecule has 0 saturated heterocycles. The summed E-state index contributed by atoms with van der Waals surface area (Å²) in [7, 11) is 1.41. The first-order valence-electron chi connectivity index (χ1n) is 9.87. The summed E-state index contributed by atoms with van der Waals surface area (Å²) in [5.74, 6) is -0.214. The van der Waals surface area contributed by atoms with Crippen molar-refractivity contribution in [3.05, 3.63) is 106 Å². The predicted octanol–water partition coefficient (Wildman–Crippen LogP) is 4.39. The van der Waals surface area contributed by atoms with Crippen molar-refractivity contribution in [2.24, 2.45) is 0 Å². The Bertz CT molecular complexity index is 1250. The fourth-order valence-electron chi connectivity index (χ4n) is 3.35. The monoisotopic (exact) mass is 428 g/mol. The van der Waals surface area contributed by atoms with E-state index < -0.39 is 10.8 Å². The summed E-state index contributed by atoms with van der Waals surface area (Å²) in [6.07, 6.45) is 1.86. The lowest BCUT2D eigenvalue weighted by atomic mass is 10.1. The van der Waals surface area contributed by atoms with Gasteiger partial charge in [-0.2, -0.15) is 5.10 Å². The van der Waals surface area contributed by atoms with E-state index in [0.717, 1.165) is 22.5 Å². The summed E-state index contributed by atoms with van der Waals surface area (Å²) < 4.78 is 6.97. The topological polar surface area (TPSA) is 99.3 Å².